The number of carboxylic acids is 1. The quantitative estimate of drug-likeness (QED) is 0.840. The van der Waals surface area contributed by atoms with Crippen molar-refractivity contribution in [1.29, 1.82) is 0 Å². The van der Waals surface area contributed by atoms with Crippen LogP contribution in [-0.4, -0.2) is 26.0 Å². The maximum atomic E-state index is 12.2. The second-order valence-electron chi connectivity index (χ2n) is 5.80. The largest absolute Gasteiger partial charge is 0.475 e. The topological polar surface area (TPSA) is 96.6 Å². The van der Waals surface area contributed by atoms with Gasteiger partial charge in [-0.3, -0.25) is 0 Å². The second-order valence-corrected chi connectivity index (χ2v) is 7.54. The van der Waals surface area contributed by atoms with Crippen molar-refractivity contribution in [2.75, 3.05) is 6.54 Å². The zero-order valence-corrected chi connectivity index (χ0v) is 13.2. The summed E-state index contributed by atoms with van der Waals surface area (Å²) in [5, 5.41) is 8.81. The molecule has 1 aromatic rings. The minimum atomic E-state index is -3.78. The van der Waals surface area contributed by atoms with Gasteiger partial charge in [-0.05, 0) is 18.3 Å². The predicted octanol–water partition coefficient (Wildman–Crippen LogP) is 2.25. The van der Waals surface area contributed by atoms with Gasteiger partial charge in [-0.15, -0.1) is 0 Å². The van der Waals surface area contributed by atoms with Crippen molar-refractivity contribution in [3.63, 3.8) is 0 Å². The van der Waals surface area contributed by atoms with Gasteiger partial charge in [0.25, 0.3) is 0 Å². The number of carbonyl (C=O) groups is 1. The number of aromatic carboxylic acids is 1. The number of sulfonamides is 1. The molecule has 1 rings (SSSR count). The third-order valence-corrected chi connectivity index (χ3v) is 5.16. The molecule has 0 aliphatic rings. The second kappa shape index (κ2) is 5.57. The Balaban J connectivity index is 2.98. The lowest BCUT2D eigenvalue weighted by Crippen LogP contribution is -2.37. The summed E-state index contributed by atoms with van der Waals surface area (Å²) in [4.78, 5) is 10.7. The van der Waals surface area contributed by atoms with E-state index in [9.17, 15) is 13.2 Å². The average molecular weight is 303 g/mol. The van der Waals surface area contributed by atoms with E-state index in [4.69, 9.17) is 9.52 Å². The molecule has 0 aromatic carbocycles. The molecule has 0 radical (unpaired) electrons. The van der Waals surface area contributed by atoms with Crippen LogP contribution in [0, 0.1) is 18.3 Å². The fraction of sp³-hybridized carbons (Fsp3) is 0.615. The third-order valence-electron chi connectivity index (χ3n) is 3.65. The zero-order chi connectivity index (χ0) is 15.7. The predicted molar refractivity (Wildman–Crippen MR) is 74.2 cm³/mol. The van der Waals surface area contributed by atoms with Crippen molar-refractivity contribution in [3.8, 4) is 0 Å². The minimum absolute atomic E-state index is 0.0669. The first kappa shape index (κ1) is 16.7. The molecular weight excluding hydrogens is 282 g/mol. The van der Waals surface area contributed by atoms with Crippen LogP contribution in [0.4, 0.5) is 0 Å². The Morgan fingerprint density at radius 3 is 2.40 bits per heavy atom. The van der Waals surface area contributed by atoms with Gasteiger partial charge in [0.05, 0.1) is 0 Å². The van der Waals surface area contributed by atoms with Gasteiger partial charge < -0.3 is 9.52 Å². The van der Waals surface area contributed by atoms with E-state index in [0.717, 1.165) is 6.07 Å². The van der Waals surface area contributed by atoms with Crippen LogP contribution in [0.1, 0.15) is 44.0 Å². The van der Waals surface area contributed by atoms with Gasteiger partial charge in [0.2, 0.25) is 15.8 Å². The van der Waals surface area contributed by atoms with E-state index in [0.29, 0.717) is 5.92 Å². The monoisotopic (exact) mass is 303 g/mol. The van der Waals surface area contributed by atoms with Crippen molar-refractivity contribution >= 4 is 16.0 Å². The molecule has 0 saturated carbocycles. The van der Waals surface area contributed by atoms with Gasteiger partial charge in [-0.2, -0.15) is 0 Å². The lowest BCUT2D eigenvalue weighted by Gasteiger charge is -2.29. The number of rotatable bonds is 6. The summed E-state index contributed by atoms with van der Waals surface area (Å²) in [6.45, 7) is 9.64. The SMILES string of the molecule is Cc1oc(C(=O)O)cc1S(=O)(=O)NCC(C)(C)C(C)C. The number of furan rings is 1. The van der Waals surface area contributed by atoms with Crippen molar-refractivity contribution in [2.24, 2.45) is 11.3 Å². The van der Waals surface area contributed by atoms with Gasteiger partial charge in [0.1, 0.15) is 10.7 Å². The van der Waals surface area contributed by atoms with Crippen LogP contribution < -0.4 is 4.72 Å². The summed E-state index contributed by atoms with van der Waals surface area (Å²) in [6, 6.07) is 1.03. The van der Waals surface area contributed by atoms with Crippen LogP contribution in [0.3, 0.4) is 0 Å². The van der Waals surface area contributed by atoms with Gasteiger partial charge in [-0.25, -0.2) is 17.9 Å². The van der Waals surface area contributed by atoms with Crippen LogP contribution in [0.5, 0.6) is 0 Å². The number of aryl methyl sites for hydroxylation is 1. The highest BCUT2D eigenvalue weighted by Gasteiger charge is 2.28. The van der Waals surface area contributed by atoms with Crippen LogP contribution in [0.15, 0.2) is 15.4 Å². The lowest BCUT2D eigenvalue weighted by molar-refractivity contribution is 0.0661. The molecule has 0 saturated heterocycles. The highest BCUT2D eigenvalue weighted by atomic mass is 32.2. The normalized spacial score (nSPS) is 12.9. The molecule has 114 valence electrons. The number of nitrogens with one attached hydrogen (secondary N) is 1. The van der Waals surface area contributed by atoms with Crippen molar-refractivity contribution < 1.29 is 22.7 Å². The molecule has 0 unspecified atom stereocenters. The number of hydrogen-bond acceptors (Lipinski definition) is 4. The Bertz CT molecular complexity index is 598. The van der Waals surface area contributed by atoms with E-state index in [1.807, 2.05) is 27.7 Å². The lowest BCUT2D eigenvalue weighted by atomic mass is 9.81. The van der Waals surface area contributed by atoms with Crippen LogP contribution >= 0.6 is 0 Å². The molecule has 2 N–H and O–H groups in total. The van der Waals surface area contributed by atoms with Gasteiger partial charge >= 0.3 is 5.97 Å². The summed E-state index contributed by atoms with van der Waals surface area (Å²) in [5.74, 6) is -1.31. The van der Waals surface area contributed by atoms with E-state index < -0.39 is 16.0 Å². The first-order chi connectivity index (χ1) is 8.97. The molecule has 0 bridgehead atoms. The van der Waals surface area contributed by atoms with Crippen LogP contribution in [0.25, 0.3) is 0 Å². The number of carboxylic acid groups (broad SMARTS) is 1. The fourth-order valence-electron chi connectivity index (χ4n) is 1.40. The smallest absolute Gasteiger partial charge is 0.371 e. The molecule has 0 aliphatic heterocycles. The Morgan fingerprint density at radius 1 is 1.45 bits per heavy atom. The van der Waals surface area contributed by atoms with E-state index >= 15 is 0 Å². The maximum Gasteiger partial charge on any atom is 0.371 e. The van der Waals surface area contributed by atoms with Crippen molar-refractivity contribution in [2.45, 2.75) is 39.5 Å². The molecule has 0 amide bonds. The Morgan fingerprint density at radius 2 is 2.00 bits per heavy atom. The van der Waals surface area contributed by atoms with Crippen LogP contribution in [0.2, 0.25) is 0 Å². The first-order valence-corrected chi connectivity index (χ1v) is 7.79. The summed E-state index contributed by atoms with van der Waals surface area (Å²) < 4.78 is 31.8. The Hall–Kier alpha value is -1.34. The zero-order valence-electron chi connectivity index (χ0n) is 12.4. The fourth-order valence-corrected chi connectivity index (χ4v) is 2.80. The van der Waals surface area contributed by atoms with Gasteiger partial charge in [0.15, 0.2) is 0 Å². The third kappa shape index (κ3) is 3.61. The van der Waals surface area contributed by atoms with Gasteiger partial charge in [-0.1, -0.05) is 27.7 Å². The molecule has 7 heteroatoms. The molecule has 0 fully saturated rings. The van der Waals surface area contributed by atoms with E-state index in [1.165, 1.54) is 6.92 Å². The highest BCUT2D eigenvalue weighted by Crippen LogP contribution is 2.26. The van der Waals surface area contributed by atoms with E-state index in [2.05, 4.69) is 4.72 Å². The first-order valence-electron chi connectivity index (χ1n) is 6.31. The van der Waals surface area contributed by atoms with E-state index in [-0.39, 0.29) is 28.4 Å². The van der Waals surface area contributed by atoms with Crippen molar-refractivity contribution in [1.82, 2.24) is 4.72 Å². The highest BCUT2D eigenvalue weighted by molar-refractivity contribution is 7.89. The van der Waals surface area contributed by atoms with Gasteiger partial charge in [0, 0.05) is 12.6 Å². The molecular formula is C13H21NO5S. The molecule has 0 aliphatic carbocycles. The minimum Gasteiger partial charge on any atom is -0.475 e. The van der Waals surface area contributed by atoms with Crippen LogP contribution in [-0.2, 0) is 10.0 Å². The summed E-state index contributed by atoms with van der Waals surface area (Å²) in [6.07, 6.45) is 0. The standard InChI is InChI=1S/C13H21NO5S/c1-8(2)13(4,5)7-14-20(17,18)11-6-10(12(15)16)19-9(11)3/h6,8,14H,7H2,1-5H3,(H,15,16). The molecule has 1 heterocycles. The summed E-state index contributed by atoms with van der Waals surface area (Å²) >= 11 is 0. The Kier molecular flexibility index (Phi) is 4.66. The molecule has 0 spiro atoms. The molecule has 20 heavy (non-hydrogen) atoms. The van der Waals surface area contributed by atoms with Crippen molar-refractivity contribution in [3.05, 3.63) is 17.6 Å². The molecule has 1 aromatic heterocycles. The molecule has 0 atom stereocenters. The van der Waals surface area contributed by atoms with E-state index in [1.54, 1.807) is 0 Å². The average Bonchev–Trinajstić information content (AvgIpc) is 2.70. The number of hydrogen-bond donors (Lipinski definition) is 2. The maximum absolute atomic E-state index is 12.2. The summed E-state index contributed by atoms with van der Waals surface area (Å²) in [5.41, 5.74) is -0.208. The molecule has 6 nitrogen and oxygen atoms in total. The summed E-state index contributed by atoms with van der Waals surface area (Å²) in [7, 11) is -3.78. The Labute approximate surface area is 119 Å².